The molecule has 0 N–H and O–H groups in total. The molecule has 0 unspecified atom stereocenters. The zero-order valence-corrected chi connectivity index (χ0v) is 16.6. The number of likely N-dealkylation sites (N-methyl/N-ethyl adjacent to an activating group) is 1. The highest BCUT2D eigenvalue weighted by molar-refractivity contribution is 5.93. The minimum absolute atomic E-state index is 0.0512. The van der Waals surface area contributed by atoms with Gasteiger partial charge in [0.05, 0.1) is 6.04 Å². The molecule has 0 aromatic carbocycles. The molecular formula is C21H24N6O2. The highest BCUT2D eigenvalue weighted by Crippen LogP contribution is 2.41. The number of piperidine rings is 1. The smallest absolute Gasteiger partial charge is 0.274 e. The van der Waals surface area contributed by atoms with Crippen LogP contribution in [-0.2, 0) is 0 Å². The van der Waals surface area contributed by atoms with Gasteiger partial charge >= 0.3 is 0 Å². The number of likely N-dealkylation sites (tertiary alicyclic amines) is 1. The monoisotopic (exact) mass is 392 g/mol. The van der Waals surface area contributed by atoms with Gasteiger partial charge in [0.15, 0.2) is 11.3 Å². The van der Waals surface area contributed by atoms with E-state index in [9.17, 15) is 9.59 Å². The summed E-state index contributed by atoms with van der Waals surface area (Å²) in [7, 11) is 4.05. The highest BCUT2D eigenvalue weighted by Gasteiger charge is 2.42. The van der Waals surface area contributed by atoms with Crippen molar-refractivity contribution in [2.45, 2.75) is 18.4 Å². The molecule has 0 spiro atoms. The summed E-state index contributed by atoms with van der Waals surface area (Å²) in [5.74, 6) is 0.337. The first-order chi connectivity index (χ1) is 14.0. The van der Waals surface area contributed by atoms with Crippen molar-refractivity contribution in [2.75, 3.05) is 33.7 Å². The zero-order valence-electron chi connectivity index (χ0n) is 16.6. The summed E-state index contributed by atoms with van der Waals surface area (Å²) in [4.78, 5) is 34.2. The average molecular weight is 392 g/mol. The second kappa shape index (κ2) is 6.81. The van der Waals surface area contributed by atoms with Gasteiger partial charge in [-0.3, -0.25) is 9.59 Å². The summed E-state index contributed by atoms with van der Waals surface area (Å²) in [6, 6.07) is 9.09. The Kier molecular flexibility index (Phi) is 4.24. The average Bonchev–Trinajstić information content (AvgIpc) is 3.14. The molecule has 2 aliphatic rings. The number of fused-ring (bicyclic) bond motifs is 5. The van der Waals surface area contributed by atoms with E-state index in [-0.39, 0.29) is 29.3 Å². The van der Waals surface area contributed by atoms with Gasteiger partial charge in [0.1, 0.15) is 0 Å². The highest BCUT2D eigenvalue weighted by atomic mass is 16.2. The van der Waals surface area contributed by atoms with Crippen molar-refractivity contribution in [1.82, 2.24) is 29.0 Å². The molecule has 1 amide bonds. The molecule has 3 aromatic rings. The third-order valence-electron chi connectivity index (χ3n) is 6.09. The molecule has 150 valence electrons. The van der Waals surface area contributed by atoms with Crippen LogP contribution in [0.2, 0.25) is 0 Å². The molecule has 8 heteroatoms. The maximum absolute atomic E-state index is 13.3. The Morgan fingerprint density at radius 3 is 2.90 bits per heavy atom. The summed E-state index contributed by atoms with van der Waals surface area (Å²) < 4.78 is 3.59. The first-order valence-electron chi connectivity index (χ1n) is 9.97. The van der Waals surface area contributed by atoms with Crippen molar-refractivity contribution in [3.8, 4) is 0 Å². The van der Waals surface area contributed by atoms with Crippen LogP contribution in [0, 0.1) is 5.92 Å². The van der Waals surface area contributed by atoms with Crippen molar-refractivity contribution in [1.29, 1.82) is 0 Å². The van der Waals surface area contributed by atoms with Crippen molar-refractivity contribution in [3.63, 3.8) is 0 Å². The van der Waals surface area contributed by atoms with Crippen LogP contribution in [0.4, 0.5) is 0 Å². The van der Waals surface area contributed by atoms with Gasteiger partial charge in [-0.2, -0.15) is 5.10 Å². The number of hydrogen-bond acceptors (Lipinski definition) is 5. The number of nitrogens with zero attached hydrogens (tertiary/aromatic N) is 6. The maximum Gasteiger partial charge on any atom is 0.274 e. The molecule has 0 radical (unpaired) electrons. The van der Waals surface area contributed by atoms with Crippen molar-refractivity contribution < 1.29 is 4.79 Å². The van der Waals surface area contributed by atoms with Crippen LogP contribution in [0.25, 0.3) is 5.65 Å². The van der Waals surface area contributed by atoms with E-state index in [0.717, 1.165) is 18.7 Å². The van der Waals surface area contributed by atoms with E-state index in [0.29, 0.717) is 24.4 Å². The van der Waals surface area contributed by atoms with Gasteiger partial charge in [-0.25, -0.2) is 9.50 Å². The number of pyridine rings is 1. The van der Waals surface area contributed by atoms with Crippen molar-refractivity contribution >= 4 is 11.6 Å². The molecule has 2 aliphatic heterocycles. The van der Waals surface area contributed by atoms with Gasteiger partial charge in [-0.05, 0) is 38.6 Å². The molecule has 3 aromatic heterocycles. The molecule has 1 saturated heterocycles. The summed E-state index contributed by atoms with van der Waals surface area (Å²) in [6.45, 7) is 2.01. The second-order valence-corrected chi connectivity index (χ2v) is 8.34. The summed E-state index contributed by atoms with van der Waals surface area (Å²) in [5.41, 5.74) is 2.17. The lowest BCUT2D eigenvalue weighted by atomic mass is 9.78. The van der Waals surface area contributed by atoms with Gasteiger partial charge in [-0.15, -0.1) is 0 Å². The van der Waals surface area contributed by atoms with E-state index in [2.05, 4.69) is 15.0 Å². The van der Waals surface area contributed by atoms with E-state index in [1.54, 1.807) is 35.1 Å². The molecule has 5 rings (SSSR count). The van der Waals surface area contributed by atoms with Gasteiger partial charge in [0.25, 0.3) is 11.5 Å². The first-order valence-corrected chi connectivity index (χ1v) is 9.97. The minimum Gasteiger partial charge on any atom is -0.336 e. The Morgan fingerprint density at radius 2 is 2.10 bits per heavy atom. The van der Waals surface area contributed by atoms with E-state index < -0.39 is 0 Å². The van der Waals surface area contributed by atoms with Crippen molar-refractivity contribution in [3.05, 3.63) is 64.5 Å². The fourth-order valence-electron chi connectivity index (χ4n) is 4.91. The van der Waals surface area contributed by atoms with Crippen LogP contribution in [0.5, 0.6) is 0 Å². The standard InChI is InChI=1S/C21H24N6O2/c1-24(2)13-18-15-9-14(17-5-3-6-20(28)27(17)18)11-25(12-15)21(29)16-10-19-22-7-4-8-26(19)23-16/h3-8,10,14-15,18H,9,11-13H2,1-2H3/t14-,15+,18+/m1/s1. The number of aromatic nitrogens is 4. The molecular weight excluding hydrogens is 368 g/mol. The van der Waals surface area contributed by atoms with Crippen LogP contribution < -0.4 is 5.56 Å². The number of carbonyl (C=O) groups is 1. The van der Waals surface area contributed by atoms with E-state index in [1.807, 2.05) is 35.7 Å². The predicted molar refractivity (Wildman–Crippen MR) is 108 cm³/mol. The predicted octanol–water partition coefficient (Wildman–Crippen LogP) is 1.25. The summed E-state index contributed by atoms with van der Waals surface area (Å²) >= 11 is 0. The van der Waals surface area contributed by atoms with Gasteiger partial charge < -0.3 is 14.4 Å². The fraction of sp³-hybridized carbons (Fsp3) is 0.429. The Morgan fingerprint density at radius 1 is 1.24 bits per heavy atom. The van der Waals surface area contributed by atoms with Gasteiger partial charge in [0, 0.05) is 55.8 Å². The SMILES string of the molecule is CN(C)C[C@H]1[C@H]2C[C@H](CN(C(=O)c3cc4ncccn4n3)C2)c2cccc(=O)n21. The second-order valence-electron chi connectivity index (χ2n) is 8.34. The minimum atomic E-state index is -0.0690. The number of carbonyl (C=O) groups excluding carboxylic acids is 1. The van der Waals surface area contributed by atoms with Crippen molar-refractivity contribution in [2.24, 2.45) is 5.92 Å². The van der Waals surface area contributed by atoms with Crippen LogP contribution in [0.1, 0.15) is 34.6 Å². The van der Waals surface area contributed by atoms with Gasteiger partial charge in [-0.1, -0.05) is 6.07 Å². The largest absolute Gasteiger partial charge is 0.336 e. The van der Waals surface area contributed by atoms with Crippen LogP contribution >= 0.6 is 0 Å². The Labute approximate surface area is 168 Å². The lowest BCUT2D eigenvalue weighted by Crippen LogP contribution is -2.52. The quantitative estimate of drug-likeness (QED) is 0.671. The molecule has 0 aliphatic carbocycles. The van der Waals surface area contributed by atoms with Gasteiger partial charge in [0.2, 0.25) is 0 Å². The molecule has 3 atom stereocenters. The first kappa shape index (κ1) is 18.1. The summed E-state index contributed by atoms with van der Waals surface area (Å²) in [6.07, 6.45) is 4.48. The molecule has 8 nitrogen and oxygen atoms in total. The molecule has 1 fully saturated rings. The molecule has 5 heterocycles. The lowest BCUT2D eigenvalue weighted by molar-refractivity contribution is 0.0493. The number of amides is 1. The third kappa shape index (κ3) is 3.04. The van der Waals surface area contributed by atoms with Crippen LogP contribution in [0.3, 0.4) is 0 Å². The molecule has 2 bridgehead atoms. The van der Waals surface area contributed by atoms with E-state index in [1.165, 1.54) is 0 Å². The normalized spacial score (nSPS) is 23.4. The number of hydrogen-bond donors (Lipinski definition) is 0. The third-order valence-corrected chi connectivity index (χ3v) is 6.09. The molecule has 29 heavy (non-hydrogen) atoms. The van der Waals surface area contributed by atoms with Crippen LogP contribution in [0.15, 0.2) is 47.5 Å². The van der Waals surface area contributed by atoms with E-state index >= 15 is 0 Å². The van der Waals surface area contributed by atoms with E-state index in [4.69, 9.17) is 0 Å². The Hall–Kier alpha value is -3.00. The maximum atomic E-state index is 13.3. The zero-order chi connectivity index (χ0) is 20.1. The van der Waals surface area contributed by atoms with Crippen LogP contribution in [-0.4, -0.2) is 68.6 Å². The topological polar surface area (TPSA) is 75.7 Å². The molecule has 0 saturated carbocycles. The number of rotatable bonds is 3. The fourth-order valence-corrected chi connectivity index (χ4v) is 4.91. The Balaban J connectivity index is 1.50. The summed E-state index contributed by atoms with van der Waals surface area (Å²) in [5, 5.41) is 4.41. The Bertz CT molecular complexity index is 1100. The lowest BCUT2D eigenvalue weighted by Gasteiger charge is -2.47.